The van der Waals surface area contributed by atoms with Crippen LogP contribution in [0.5, 0.6) is 0 Å². The Morgan fingerprint density at radius 2 is 2.13 bits per heavy atom. The van der Waals surface area contributed by atoms with E-state index in [-0.39, 0.29) is 0 Å². The SMILES string of the molecule is OB(O)c1ccc(-n2ccnc2)c(Cl)c1. The summed E-state index contributed by atoms with van der Waals surface area (Å²) in [5.74, 6) is 0. The lowest BCUT2D eigenvalue weighted by Gasteiger charge is -2.06. The fourth-order valence-electron chi connectivity index (χ4n) is 1.29. The number of rotatable bonds is 2. The van der Waals surface area contributed by atoms with Gasteiger partial charge in [0.05, 0.1) is 17.0 Å². The van der Waals surface area contributed by atoms with Crippen LogP contribution in [0.1, 0.15) is 0 Å². The highest BCUT2D eigenvalue weighted by Gasteiger charge is 2.12. The van der Waals surface area contributed by atoms with Gasteiger partial charge in [-0.25, -0.2) is 4.98 Å². The van der Waals surface area contributed by atoms with Gasteiger partial charge in [0.2, 0.25) is 0 Å². The highest BCUT2D eigenvalue weighted by atomic mass is 35.5. The monoisotopic (exact) mass is 222 g/mol. The maximum atomic E-state index is 8.95. The van der Waals surface area contributed by atoms with E-state index in [1.807, 2.05) is 0 Å². The Hall–Kier alpha value is -1.30. The number of hydrogen-bond acceptors (Lipinski definition) is 3. The van der Waals surface area contributed by atoms with Gasteiger partial charge in [-0.15, -0.1) is 0 Å². The van der Waals surface area contributed by atoms with Crippen LogP contribution in [0.3, 0.4) is 0 Å². The summed E-state index contributed by atoms with van der Waals surface area (Å²) < 4.78 is 1.75. The Bertz CT molecular complexity index is 459. The summed E-state index contributed by atoms with van der Waals surface area (Å²) in [6, 6.07) is 4.83. The minimum absolute atomic E-state index is 0.365. The van der Waals surface area contributed by atoms with Gasteiger partial charge in [-0.05, 0) is 17.6 Å². The lowest BCUT2D eigenvalue weighted by Crippen LogP contribution is -2.29. The minimum Gasteiger partial charge on any atom is -0.423 e. The summed E-state index contributed by atoms with van der Waals surface area (Å²) in [6.07, 6.45) is 5.03. The van der Waals surface area contributed by atoms with Crippen molar-refractivity contribution in [1.29, 1.82) is 0 Å². The third-order valence-electron chi connectivity index (χ3n) is 2.05. The lowest BCUT2D eigenvalue weighted by molar-refractivity contribution is 0.426. The van der Waals surface area contributed by atoms with Crippen LogP contribution in [0, 0.1) is 0 Å². The van der Waals surface area contributed by atoms with E-state index >= 15 is 0 Å². The molecule has 0 amide bonds. The summed E-state index contributed by atoms with van der Waals surface area (Å²) >= 11 is 5.99. The van der Waals surface area contributed by atoms with Crippen molar-refractivity contribution >= 4 is 24.2 Å². The number of halogens is 1. The molecule has 0 fully saturated rings. The van der Waals surface area contributed by atoms with Gasteiger partial charge in [0.15, 0.2) is 0 Å². The molecule has 0 saturated carbocycles. The zero-order chi connectivity index (χ0) is 10.8. The van der Waals surface area contributed by atoms with Crippen LogP contribution in [-0.2, 0) is 0 Å². The summed E-state index contributed by atoms with van der Waals surface area (Å²) in [5, 5.41) is 18.3. The fraction of sp³-hybridized carbons (Fsp3) is 0. The molecule has 1 aromatic heterocycles. The van der Waals surface area contributed by atoms with Crippen LogP contribution in [0.15, 0.2) is 36.9 Å². The molecule has 0 atom stereocenters. The zero-order valence-corrected chi connectivity index (χ0v) is 8.46. The summed E-state index contributed by atoms with van der Waals surface area (Å²) in [5.41, 5.74) is 1.11. The summed E-state index contributed by atoms with van der Waals surface area (Å²) in [6.45, 7) is 0. The molecule has 2 aromatic rings. The molecule has 76 valence electrons. The first kappa shape index (κ1) is 10.2. The molecule has 2 N–H and O–H groups in total. The Kier molecular flexibility index (Phi) is 2.77. The number of imidazole rings is 1. The van der Waals surface area contributed by atoms with E-state index in [2.05, 4.69) is 4.98 Å². The van der Waals surface area contributed by atoms with Gasteiger partial charge in [0, 0.05) is 12.4 Å². The van der Waals surface area contributed by atoms with E-state index in [1.165, 1.54) is 6.07 Å². The van der Waals surface area contributed by atoms with Crippen molar-refractivity contribution in [3.63, 3.8) is 0 Å². The first-order chi connectivity index (χ1) is 7.18. The van der Waals surface area contributed by atoms with E-state index in [4.69, 9.17) is 21.6 Å². The third kappa shape index (κ3) is 2.04. The average Bonchev–Trinajstić information content (AvgIpc) is 2.70. The molecule has 1 heterocycles. The first-order valence-corrected chi connectivity index (χ1v) is 4.70. The zero-order valence-electron chi connectivity index (χ0n) is 7.71. The van der Waals surface area contributed by atoms with Crippen molar-refractivity contribution in [2.24, 2.45) is 0 Å². The smallest absolute Gasteiger partial charge is 0.423 e. The van der Waals surface area contributed by atoms with Crippen molar-refractivity contribution < 1.29 is 10.0 Å². The van der Waals surface area contributed by atoms with E-state index in [0.717, 1.165) is 5.69 Å². The quantitative estimate of drug-likeness (QED) is 0.714. The molecule has 1 aromatic carbocycles. The summed E-state index contributed by atoms with van der Waals surface area (Å²) in [7, 11) is -1.50. The molecule has 0 unspecified atom stereocenters. The molecule has 6 heteroatoms. The maximum Gasteiger partial charge on any atom is 0.488 e. The summed E-state index contributed by atoms with van der Waals surface area (Å²) in [4.78, 5) is 3.90. The molecule has 0 aliphatic heterocycles. The molecule has 2 rings (SSSR count). The van der Waals surface area contributed by atoms with E-state index < -0.39 is 7.12 Å². The van der Waals surface area contributed by atoms with Gasteiger partial charge >= 0.3 is 7.12 Å². The highest BCUT2D eigenvalue weighted by molar-refractivity contribution is 6.59. The molecule has 15 heavy (non-hydrogen) atoms. The highest BCUT2D eigenvalue weighted by Crippen LogP contribution is 2.18. The number of nitrogens with zero attached hydrogens (tertiary/aromatic N) is 2. The van der Waals surface area contributed by atoms with Crippen LogP contribution < -0.4 is 5.46 Å². The van der Waals surface area contributed by atoms with Gasteiger partial charge in [-0.1, -0.05) is 17.7 Å². The van der Waals surface area contributed by atoms with Crippen molar-refractivity contribution in [2.45, 2.75) is 0 Å². The Morgan fingerprint density at radius 1 is 1.33 bits per heavy atom. The minimum atomic E-state index is -1.50. The molecular weight excluding hydrogens is 214 g/mol. The Balaban J connectivity index is 2.44. The molecule has 4 nitrogen and oxygen atoms in total. The van der Waals surface area contributed by atoms with Gasteiger partial charge in [-0.3, -0.25) is 0 Å². The predicted octanol–water partition coefficient (Wildman–Crippen LogP) is 0.205. The molecular formula is C9H8BClN2O2. The maximum absolute atomic E-state index is 8.95. The largest absolute Gasteiger partial charge is 0.488 e. The number of aromatic nitrogens is 2. The van der Waals surface area contributed by atoms with Crippen LogP contribution in [0.4, 0.5) is 0 Å². The van der Waals surface area contributed by atoms with E-state index in [9.17, 15) is 0 Å². The van der Waals surface area contributed by atoms with Crippen molar-refractivity contribution in [1.82, 2.24) is 9.55 Å². The second-order valence-corrected chi connectivity index (χ2v) is 3.46. The molecule has 0 aliphatic carbocycles. The molecule has 0 radical (unpaired) electrons. The Morgan fingerprint density at radius 3 is 2.67 bits per heavy atom. The topological polar surface area (TPSA) is 58.3 Å². The van der Waals surface area contributed by atoms with Gasteiger partial charge in [-0.2, -0.15) is 0 Å². The van der Waals surface area contributed by atoms with Crippen LogP contribution in [-0.4, -0.2) is 26.7 Å². The molecule has 0 bridgehead atoms. The molecule has 0 spiro atoms. The fourth-order valence-corrected chi connectivity index (χ4v) is 1.58. The average molecular weight is 222 g/mol. The van der Waals surface area contributed by atoms with Gasteiger partial charge in [0.1, 0.15) is 0 Å². The Labute approximate surface area is 91.9 Å². The van der Waals surface area contributed by atoms with Gasteiger partial charge in [0.25, 0.3) is 0 Å². The first-order valence-electron chi connectivity index (χ1n) is 4.32. The van der Waals surface area contributed by atoms with Crippen molar-refractivity contribution in [3.8, 4) is 5.69 Å². The number of benzene rings is 1. The second kappa shape index (κ2) is 4.06. The van der Waals surface area contributed by atoms with Crippen LogP contribution in [0.25, 0.3) is 5.69 Å². The third-order valence-corrected chi connectivity index (χ3v) is 2.36. The van der Waals surface area contributed by atoms with E-state index in [1.54, 1.807) is 35.4 Å². The second-order valence-electron chi connectivity index (χ2n) is 3.05. The predicted molar refractivity (Wildman–Crippen MR) is 58.4 cm³/mol. The van der Waals surface area contributed by atoms with E-state index in [0.29, 0.717) is 10.5 Å². The molecule has 0 saturated heterocycles. The van der Waals surface area contributed by atoms with Crippen molar-refractivity contribution in [3.05, 3.63) is 41.9 Å². The normalized spacial score (nSPS) is 10.3. The number of hydrogen-bond donors (Lipinski definition) is 2. The van der Waals surface area contributed by atoms with Crippen molar-refractivity contribution in [2.75, 3.05) is 0 Å². The lowest BCUT2D eigenvalue weighted by atomic mass is 9.80. The molecule has 0 aliphatic rings. The standard InChI is InChI=1S/C9H8BClN2O2/c11-8-5-7(10(14)15)1-2-9(8)13-4-3-12-6-13/h1-6,14-15H. The van der Waals surface area contributed by atoms with Crippen LogP contribution in [0.2, 0.25) is 5.02 Å². The van der Waals surface area contributed by atoms with Crippen LogP contribution >= 0.6 is 11.6 Å². The van der Waals surface area contributed by atoms with Gasteiger partial charge < -0.3 is 14.6 Å².